The van der Waals surface area contributed by atoms with Crippen LogP contribution in [0.15, 0.2) is 24.3 Å². The van der Waals surface area contributed by atoms with Gasteiger partial charge in [-0.3, -0.25) is 4.79 Å². The lowest BCUT2D eigenvalue weighted by atomic mass is 10.1. The number of methoxy groups -OCH3 is 1. The molecule has 2 N–H and O–H groups in total. The summed E-state index contributed by atoms with van der Waals surface area (Å²) in [6.07, 6.45) is 1.29. The Morgan fingerprint density at radius 3 is 2.79 bits per heavy atom. The number of hydrogen-bond acceptors (Lipinski definition) is 3. The van der Waals surface area contributed by atoms with Crippen molar-refractivity contribution >= 4 is 5.91 Å². The monoisotopic (exact) mass is 264 g/mol. The van der Waals surface area contributed by atoms with E-state index in [0.717, 1.165) is 30.8 Å². The molecule has 0 aliphatic rings. The van der Waals surface area contributed by atoms with Crippen LogP contribution in [0.25, 0.3) is 0 Å². The molecule has 0 saturated carbocycles. The van der Waals surface area contributed by atoms with Crippen molar-refractivity contribution in [2.75, 3.05) is 20.2 Å². The standard InChI is InChI=1S/C15H24N2O2/c1-4-16-10-9-15(18)17-12(2)11-13-7-5-6-8-14(13)19-3/h5-8,12,16H,4,9-11H2,1-3H3,(H,17,18). The molecule has 0 bridgehead atoms. The van der Waals surface area contributed by atoms with Crippen LogP contribution < -0.4 is 15.4 Å². The molecule has 0 radical (unpaired) electrons. The van der Waals surface area contributed by atoms with Crippen LogP contribution in [0.5, 0.6) is 5.75 Å². The number of carbonyl (C=O) groups is 1. The SMILES string of the molecule is CCNCCC(=O)NC(C)Cc1ccccc1OC. The van der Waals surface area contributed by atoms with Gasteiger partial charge in [-0.2, -0.15) is 0 Å². The van der Waals surface area contributed by atoms with Crippen LogP contribution in [-0.2, 0) is 11.2 Å². The molecule has 0 aliphatic carbocycles. The van der Waals surface area contributed by atoms with Crippen molar-refractivity contribution < 1.29 is 9.53 Å². The Morgan fingerprint density at radius 1 is 1.37 bits per heavy atom. The number of para-hydroxylation sites is 1. The molecule has 1 amide bonds. The average molecular weight is 264 g/mol. The topological polar surface area (TPSA) is 50.4 Å². The summed E-state index contributed by atoms with van der Waals surface area (Å²) in [4.78, 5) is 11.7. The van der Waals surface area contributed by atoms with Gasteiger partial charge in [0.05, 0.1) is 7.11 Å². The fourth-order valence-electron chi connectivity index (χ4n) is 1.98. The van der Waals surface area contributed by atoms with Gasteiger partial charge in [0, 0.05) is 19.0 Å². The molecule has 4 heteroatoms. The average Bonchev–Trinajstić information content (AvgIpc) is 2.39. The minimum absolute atomic E-state index is 0.0864. The summed E-state index contributed by atoms with van der Waals surface area (Å²) >= 11 is 0. The van der Waals surface area contributed by atoms with Crippen molar-refractivity contribution in [1.82, 2.24) is 10.6 Å². The first-order valence-electron chi connectivity index (χ1n) is 6.79. The van der Waals surface area contributed by atoms with E-state index in [1.807, 2.05) is 38.1 Å². The summed E-state index contributed by atoms with van der Waals surface area (Å²) in [5.74, 6) is 0.958. The number of carbonyl (C=O) groups excluding carboxylic acids is 1. The second kappa shape index (κ2) is 8.53. The zero-order chi connectivity index (χ0) is 14.1. The van der Waals surface area contributed by atoms with Crippen LogP contribution >= 0.6 is 0 Å². The maximum Gasteiger partial charge on any atom is 0.221 e. The molecule has 0 saturated heterocycles. The van der Waals surface area contributed by atoms with E-state index in [1.165, 1.54) is 0 Å². The number of nitrogens with one attached hydrogen (secondary N) is 2. The highest BCUT2D eigenvalue weighted by Gasteiger charge is 2.10. The number of ether oxygens (including phenoxy) is 1. The molecule has 0 fully saturated rings. The second-order valence-corrected chi connectivity index (χ2v) is 4.59. The van der Waals surface area contributed by atoms with Gasteiger partial charge in [-0.25, -0.2) is 0 Å². The molecule has 0 heterocycles. The lowest BCUT2D eigenvalue weighted by Gasteiger charge is -2.16. The number of hydrogen-bond donors (Lipinski definition) is 2. The Labute approximate surface area is 115 Å². The van der Waals surface area contributed by atoms with E-state index in [0.29, 0.717) is 6.42 Å². The minimum atomic E-state index is 0.0864. The van der Waals surface area contributed by atoms with Crippen molar-refractivity contribution in [3.63, 3.8) is 0 Å². The highest BCUT2D eigenvalue weighted by Crippen LogP contribution is 2.18. The van der Waals surface area contributed by atoms with Crippen LogP contribution in [0.1, 0.15) is 25.8 Å². The second-order valence-electron chi connectivity index (χ2n) is 4.59. The van der Waals surface area contributed by atoms with Gasteiger partial charge in [0.1, 0.15) is 5.75 Å². The van der Waals surface area contributed by atoms with Crippen LogP contribution in [0, 0.1) is 0 Å². The van der Waals surface area contributed by atoms with Crippen LogP contribution in [0.4, 0.5) is 0 Å². The maximum atomic E-state index is 11.7. The largest absolute Gasteiger partial charge is 0.496 e. The molecule has 1 atom stereocenters. The fourth-order valence-corrected chi connectivity index (χ4v) is 1.98. The van der Waals surface area contributed by atoms with E-state index < -0.39 is 0 Å². The minimum Gasteiger partial charge on any atom is -0.496 e. The Kier molecular flexibility index (Phi) is 6.97. The molecule has 1 rings (SSSR count). The Hall–Kier alpha value is -1.55. The van der Waals surface area contributed by atoms with Crippen LogP contribution in [0.3, 0.4) is 0 Å². The molecular formula is C15H24N2O2. The van der Waals surface area contributed by atoms with E-state index in [-0.39, 0.29) is 11.9 Å². The third-order valence-corrected chi connectivity index (χ3v) is 2.90. The summed E-state index contributed by atoms with van der Waals surface area (Å²) in [6.45, 7) is 5.66. The Balaban J connectivity index is 2.42. The molecule has 106 valence electrons. The fraction of sp³-hybridized carbons (Fsp3) is 0.533. The number of amides is 1. The molecule has 0 spiro atoms. The van der Waals surface area contributed by atoms with Gasteiger partial charge < -0.3 is 15.4 Å². The van der Waals surface area contributed by atoms with Gasteiger partial charge in [0.2, 0.25) is 5.91 Å². The Morgan fingerprint density at radius 2 is 2.11 bits per heavy atom. The first-order valence-corrected chi connectivity index (χ1v) is 6.79. The van der Waals surface area contributed by atoms with Crippen molar-refractivity contribution in [3.8, 4) is 5.75 Å². The van der Waals surface area contributed by atoms with Crippen molar-refractivity contribution in [1.29, 1.82) is 0 Å². The van der Waals surface area contributed by atoms with E-state index in [9.17, 15) is 4.79 Å². The molecule has 1 aromatic carbocycles. The quantitative estimate of drug-likeness (QED) is 0.703. The third kappa shape index (κ3) is 5.75. The smallest absolute Gasteiger partial charge is 0.221 e. The van der Waals surface area contributed by atoms with E-state index in [4.69, 9.17) is 4.74 Å². The molecule has 0 aliphatic heterocycles. The number of benzene rings is 1. The van der Waals surface area contributed by atoms with Crippen molar-refractivity contribution in [2.45, 2.75) is 32.7 Å². The first kappa shape index (κ1) is 15.5. The lowest BCUT2D eigenvalue weighted by molar-refractivity contribution is -0.121. The maximum absolute atomic E-state index is 11.7. The van der Waals surface area contributed by atoms with E-state index in [1.54, 1.807) is 7.11 Å². The van der Waals surface area contributed by atoms with Gasteiger partial charge in [-0.1, -0.05) is 25.1 Å². The van der Waals surface area contributed by atoms with Gasteiger partial charge in [0.15, 0.2) is 0 Å². The summed E-state index contributed by atoms with van der Waals surface area (Å²) < 4.78 is 5.31. The van der Waals surface area contributed by atoms with E-state index >= 15 is 0 Å². The third-order valence-electron chi connectivity index (χ3n) is 2.90. The molecule has 1 aromatic rings. The van der Waals surface area contributed by atoms with Crippen LogP contribution in [-0.4, -0.2) is 32.1 Å². The predicted molar refractivity (Wildman–Crippen MR) is 77.5 cm³/mol. The number of rotatable bonds is 8. The molecule has 1 unspecified atom stereocenters. The van der Waals surface area contributed by atoms with Gasteiger partial charge in [-0.05, 0) is 31.5 Å². The molecular weight excluding hydrogens is 240 g/mol. The molecule has 19 heavy (non-hydrogen) atoms. The van der Waals surface area contributed by atoms with Gasteiger partial charge in [0.25, 0.3) is 0 Å². The predicted octanol–water partition coefficient (Wildman–Crippen LogP) is 1.74. The highest BCUT2D eigenvalue weighted by molar-refractivity contribution is 5.76. The highest BCUT2D eigenvalue weighted by atomic mass is 16.5. The first-order chi connectivity index (χ1) is 9.17. The summed E-state index contributed by atoms with van der Waals surface area (Å²) in [6, 6.07) is 8.00. The van der Waals surface area contributed by atoms with Crippen molar-refractivity contribution in [2.24, 2.45) is 0 Å². The normalized spacial score (nSPS) is 11.9. The summed E-state index contributed by atoms with van der Waals surface area (Å²) in [7, 11) is 1.67. The van der Waals surface area contributed by atoms with Gasteiger partial charge in [-0.15, -0.1) is 0 Å². The Bertz CT molecular complexity index is 393. The molecule has 0 aromatic heterocycles. The van der Waals surface area contributed by atoms with Gasteiger partial charge >= 0.3 is 0 Å². The summed E-state index contributed by atoms with van der Waals surface area (Å²) in [5.41, 5.74) is 1.12. The van der Waals surface area contributed by atoms with Crippen LogP contribution in [0.2, 0.25) is 0 Å². The van der Waals surface area contributed by atoms with Crippen molar-refractivity contribution in [3.05, 3.63) is 29.8 Å². The zero-order valence-electron chi connectivity index (χ0n) is 12.0. The van der Waals surface area contributed by atoms with E-state index in [2.05, 4.69) is 10.6 Å². The molecule has 4 nitrogen and oxygen atoms in total. The zero-order valence-corrected chi connectivity index (χ0v) is 12.0. The summed E-state index contributed by atoms with van der Waals surface area (Å²) in [5, 5.41) is 6.14. The lowest BCUT2D eigenvalue weighted by Crippen LogP contribution is -2.35.